The number of amides is 2. The van der Waals surface area contributed by atoms with Crippen LogP contribution in [-0.2, 0) is 11.2 Å². The first-order valence-corrected chi connectivity index (χ1v) is 10.7. The van der Waals surface area contributed by atoms with E-state index in [1.54, 1.807) is 49.4 Å². The minimum atomic E-state index is -5.16. The molecule has 0 saturated heterocycles. The Morgan fingerprint density at radius 2 is 1.62 bits per heavy atom. The second-order valence-electron chi connectivity index (χ2n) is 8.03. The summed E-state index contributed by atoms with van der Waals surface area (Å²) in [6.07, 6.45) is -4.84. The summed E-state index contributed by atoms with van der Waals surface area (Å²) < 4.78 is 43.4. The SMILES string of the molecule is Cc1cccc(C(=O)N[C@]2(C(F)(F)F)N=C(c3ccccc3)N(CCc3ccccc3)C2=O)c1. The highest BCUT2D eigenvalue weighted by Gasteiger charge is 2.67. The van der Waals surface area contributed by atoms with Gasteiger partial charge in [0.2, 0.25) is 0 Å². The lowest BCUT2D eigenvalue weighted by Crippen LogP contribution is -2.63. The minimum absolute atomic E-state index is 0.00983. The number of hydrogen-bond acceptors (Lipinski definition) is 3. The number of aryl methyl sites for hydroxylation is 1. The standard InChI is InChI=1S/C26H22F3N3O2/c1-18-9-8-14-21(17-18)23(33)31-25(26(27,28)29)24(34)32(16-15-19-10-4-2-5-11-19)22(30-25)20-12-6-3-7-13-20/h2-14,17H,15-16H2,1H3,(H,31,33)/t25-/m1/s1. The zero-order chi connectivity index (χ0) is 24.3. The number of nitrogens with zero attached hydrogens (tertiary/aromatic N) is 2. The van der Waals surface area contributed by atoms with Gasteiger partial charge in [-0.05, 0) is 31.0 Å². The second kappa shape index (κ2) is 9.13. The van der Waals surface area contributed by atoms with Crippen LogP contribution in [0.15, 0.2) is 89.9 Å². The van der Waals surface area contributed by atoms with E-state index in [4.69, 9.17) is 0 Å². The fourth-order valence-corrected chi connectivity index (χ4v) is 3.82. The molecule has 34 heavy (non-hydrogen) atoms. The van der Waals surface area contributed by atoms with Gasteiger partial charge in [-0.1, -0.05) is 78.4 Å². The maximum atomic E-state index is 14.5. The van der Waals surface area contributed by atoms with Crippen molar-refractivity contribution in [2.45, 2.75) is 25.2 Å². The lowest BCUT2D eigenvalue weighted by Gasteiger charge is -2.29. The minimum Gasteiger partial charge on any atom is -0.312 e. The van der Waals surface area contributed by atoms with E-state index >= 15 is 0 Å². The van der Waals surface area contributed by atoms with E-state index in [0.717, 1.165) is 10.5 Å². The third-order valence-electron chi connectivity index (χ3n) is 5.57. The predicted octanol–water partition coefficient (Wildman–Crippen LogP) is 4.52. The second-order valence-corrected chi connectivity index (χ2v) is 8.03. The van der Waals surface area contributed by atoms with Gasteiger partial charge in [0.25, 0.3) is 11.8 Å². The first-order valence-electron chi connectivity index (χ1n) is 10.7. The van der Waals surface area contributed by atoms with Gasteiger partial charge in [-0.15, -0.1) is 0 Å². The highest BCUT2D eigenvalue weighted by Crippen LogP contribution is 2.38. The van der Waals surface area contributed by atoms with Gasteiger partial charge in [-0.2, -0.15) is 13.2 Å². The summed E-state index contributed by atoms with van der Waals surface area (Å²) in [4.78, 5) is 31.1. The largest absolute Gasteiger partial charge is 0.442 e. The van der Waals surface area contributed by atoms with Crippen LogP contribution in [0.1, 0.15) is 27.0 Å². The van der Waals surface area contributed by atoms with Crippen LogP contribution in [0.4, 0.5) is 13.2 Å². The highest BCUT2D eigenvalue weighted by atomic mass is 19.4. The summed E-state index contributed by atoms with van der Waals surface area (Å²) in [6.45, 7) is 1.68. The maximum absolute atomic E-state index is 14.5. The summed E-state index contributed by atoms with van der Waals surface area (Å²) in [5, 5.41) is 1.91. The van der Waals surface area contributed by atoms with Crippen molar-refractivity contribution in [1.29, 1.82) is 0 Å². The van der Waals surface area contributed by atoms with Gasteiger partial charge >= 0.3 is 11.8 Å². The van der Waals surface area contributed by atoms with Crippen molar-refractivity contribution < 1.29 is 22.8 Å². The molecule has 8 heteroatoms. The van der Waals surface area contributed by atoms with Crippen LogP contribution in [0.2, 0.25) is 0 Å². The molecule has 0 radical (unpaired) electrons. The van der Waals surface area contributed by atoms with Crippen LogP contribution in [0.5, 0.6) is 0 Å². The lowest BCUT2D eigenvalue weighted by atomic mass is 10.1. The molecule has 0 spiro atoms. The van der Waals surface area contributed by atoms with Crippen LogP contribution in [-0.4, -0.2) is 40.9 Å². The van der Waals surface area contributed by atoms with Crippen molar-refractivity contribution in [2.75, 3.05) is 6.54 Å². The van der Waals surface area contributed by atoms with E-state index in [2.05, 4.69) is 4.99 Å². The quantitative estimate of drug-likeness (QED) is 0.582. The number of rotatable bonds is 6. The van der Waals surface area contributed by atoms with E-state index in [9.17, 15) is 22.8 Å². The van der Waals surface area contributed by atoms with Crippen molar-refractivity contribution in [1.82, 2.24) is 10.2 Å². The molecule has 0 aliphatic carbocycles. The summed E-state index contributed by atoms with van der Waals surface area (Å²) in [5.41, 5.74) is -1.51. The molecule has 1 heterocycles. The third-order valence-corrected chi connectivity index (χ3v) is 5.57. The third kappa shape index (κ3) is 4.44. The van der Waals surface area contributed by atoms with E-state index in [0.29, 0.717) is 17.5 Å². The van der Waals surface area contributed by atoms with Gasteiger partial charge in [-0.3, -0.25) is 14.5 Å². The Morgan fingerprint density at radius 1 is 0.971 bits per heavy atom. The number of nitrogens with one attached hydrogen (secondary N) is 1. The van der Waals surface area contributed by atoms with Crippen molar-refractivity contribution >= 4 is 17.6 Å². The number of benzene rings is 3. The van der Waals surface area contributed by atoms with Crippen molar-refractivity contribution in [3.05, 3.63) is 107 Å². The van der Waals surface area contributed by atoms with E-state index in [1.165, 1.54) is 12.1 Å². The number of halogens is 3. The normalized spacial score (nSPS) is 18.1. The Kier molecular flexibility index (Phi) is 6.24. The molecule has 3 aromatic rings. The molecule has 174 valence electrons. The van der Waals surface area contributed by atoms with Gasteiger partial charge < -0.3 is 5.32 Å². The molecule has 0 fully saturated rings. The maximum Gasteiger partial charge on any atom is 0.442 e. The molecule has 1 atom stereocenters. The Balaban J connectivity index is 1.75. The summed E-state index contributed by atoms with van der Waals surface area (Å²) in [6, 6.07) is 23.4. The number of aliphatic imine (C=N–C) groups is 1. The molecule has 0 bridgehead atoms. The smallest absolute Gasteiger partial charge is 0.312 e. The van der Waals surface area contributed by atoms with E-state index in [1.807, 2.05) is 35.6 Å². The average molecular weight is 465 g/mol. The summed E-state index contributed by atoms with van der Waals surface area (Å²) in [7, 11) is 0. The van der Waals surface area contributed by atoms with Gasteiger partial charge in [0.15, 0.2) is 0 Å². The molecule has 1 aliphatic heterocycles. The monoisotopic (exact) mass is 465 g/mol. The molecule has 5 nitrogen and oxygen atoms in total. The fourth-order valence-electron chi connectivity index (χ4n) is 3.82. The topological polar surface area (TPSA) is 61.8 Å². The van der Waals surface area contributed by atoms with Crippen molar-refractivity contribution in [3.63, 3.8) is 0 Å². The number of amidine groups is 1. The number of carbonyl (C=O) groups excluding carboxylic acids is 2. The number of alkyl halides is 3. The molecular formula is C26H22F3N3O2. The molecule has 1 aliphatic rings. The van der Waals surface area contributed by atoms with Gasteiger partial charge in [0.1, 0.15) is 5.84 Å². The van der Waals surface area contributed by atoms with Crippen LogP contribution < -0.4 is 5.32 Å². The molecule has 1 N–H and O–H groups in total. The average Bonchev–Trinajstić information content (AvgIpc) is 3.11. The Morgan fingerprint density at radius 3 is 2.24 bits per heavy atom. The fraction of sp³-hybridized carbons (Fsp3) is 0.192. The molecule has 4 rings (SSSR count). The van der Waals surface area contributed by atoms with Crippen LogP contribution in [0.3, 0.4) is 0 Å². The molecule has 2 amide bonds. The predicted molar refractivity (Wildman–Crippen MR) is 122 cm³/mol. The van der Waals surface area contributed by atoms with Crippen LogP contribution in [0, 0.1) is 6.92 Å². The van der Waals surface area contributed by atoms with Gasteiger partial charge in [-0.25, -0.2) is 4.99 Å². The van der Waals surface area contributed by atoms with Crippen molar-refractivity contribution in [2.24, 2.45) is 4.99 Å². The summed E-state index contributed by atoms with van der Waals surface area (Å²) >= 11 is 0. The van der Waals surface area contributed by atoms with Crippen LogP contribution >= 0.6 is 0 Å². The van der Waals surface area contributed by atoms with E-state index in [-0.39, 0.29) is 17.9 Å². The number of carbonyl (C=O) groups is 2. The first kappa shape index (κ1) is 23.2. The van der Waals surface area contributed by atoms with Crippen LogP contribution in [0.25, 0.3) is 0 Å². The Hall–Kier alpha value is -3.94. The molecule has 0 saturated carbocycles. The Bertz CT molecular complexity index is 1230. The van der Waals surface area contributed by atoms with Gasteiger partial charge in [0.05, 0.1) is 0 Å². The zero-order valence-electron chi connectivity index (χ0n) is 18.3. The zero-order valence-corrected chi connectivity index (χ0v) is 18.3. The highest BCUT2D eigenvalue weighted by molar-refractivity contribution is 6.16. The molecule has 0 aromatic heterocycles. The molecule has 0 unspecified atom stereocenters. The first-order chi connectivity index (χ1) is 16.2. The van der Waals surface area contributed by atoms with E-state index < -0.39 is 23.7 Å². The van der Waals surface area contributed by atoms with Gasteiger partial charge in [0, 0.05) is 17.7 Å². The number of hydrogen-bond donors (Lipinski definition) is 1. The summed E-state index contributed by atoms with van der Waals surface area (Å²) in [5.74, 6) is -2.50. The lowest BCUT2D eigenvalue weighted by molar-refractivity contribution is -0.196. The molecule has 3 aromatic carbocycles. The molecular weight excluding hydrogens is 443 g/mol. The Labute approximate surface area is 194 Å². The van der Waals surface area contributed by atoms with Crippen molar-refractivity contribution in [3.8, 4) is 0 Å².